The highest BCUT2D eigenvalue weighted by atomic mass is 35.5. The minimum atomic E-state index is -0.111. The Morgan fingerprint density at radius 3 is 2.61 bits per heavy atom. The van der Waals surface area contributed by atoms with Gasteiger partial charge in [-0.15, -0.1) is 22.7 Å². The first-order valence-electron chi connectivity index (χ1n) is 8.96. The number of rotatable bonds is 4. The summed E-state index contributed by atoms with van der Waals surface area (Å²) in [6, 6.07) is 11.2. The lowest BCUT2D eigenvalue weighted by atomic mass is 9.96. The molecule has 0 atom stereocenters. The number of benzene rings is 1. The molecule has 0 spiro atoms. The first-order valence-corrected chi connectivity index (χ1v) is 11.1. The Morgan fingerprint density at radius 2 is 1.89 bits per heavy atom. The van der Waals surface area contributed by atoms with Crippen LogP contribution >= 0.6 is 34.3 Å². The molecule has 3 aromatic rings. The number of carbonyl (C=O) groups is 2. The maximum absolute atomic E-state index is 12.6. The van der Waals surface area contributed by atoms with Crippen LogP contribution in [-0.4, -0.2) is 34.8 Å². The van der Waals surface area contributed by atoms with Gasteiger partial charge < -0.3 is 10.2 Å². The Hall–Kier alpha value is -2.22. The third-order valence-corrected chi connectivity index (χ3v) is 6.71. The number of hydrogen-bond acceptors (Lipinski definition) is 5. The van der Waals surface area contributed by atoms with Crippen molar-refractivity contribution in [3.63, 3.8) is 0 Å². The molecule has 2 aromatic heterocycles. The molecule has 0 radical (unpaired) electrons. The molecule has 5 nitrogen and oxygen atoms in total. The maximum Gasteiger partial charge on any atom is 0.263 e. The molecule has 8 heteroatoms. The van der Waals surface area contributed by atoms with E-state index in [4.69, 9.17) is 11.6 Å². The predicted octanol–water partition coefficient (Wildman–Crippen LogP) is 5.02. The molecule has 1 aliphatic heterocycles. The van der Waals surface area contributed by atoms with Gasteiger partial charge in [0.05, 0.1) is 10.6 Å². The van der Waals surface area contributed by atoms with Gasteiger partial charge in [0.15, 0.2) is 5.13 Å². The van der Waals surface area contributed by atoms with Crippen LogP contribution in [0.3, 0.4) is 0 Å². The number of anilines is 1. The fraction of sp³-hybridized carbons (Fsp3) is 0.250. The molecule has 0 saturated carbocycles. The van der Waals surface area contributed by atoms with E-state index in [9.17, 15) is 9.59 Å². The number of likely N-dealkylation sites (tertiary alicyclic amines) is 1. The lowest BCUT2D eigenvalue weighted by Gasteiger charge is -2.30. The fourth-order valence-electron chi connectivity index (χ4n) is 3.23. The molecule has 1 N–H and O–H groups in total. The molecule has 144 valence electrons. The van der Waals surface area contributed by atoms with Crippen LogP contribution in [0.5, 0.6) is 0 Å². The van der Waals surface area contributed by atoms with E-state index in [2.05, 4.69) is 10.3 Å². The van der Waals surface area contributed by atoms with Crippen molar-refractivity contribution in [3.05, 3.63) is 57.1 Å². The van der Waals surface area contributed by atoms with E-state index in [1.165, 1.54) is 22.7 Å². The van der Waals surface area contributed by atoms with Crippen molar-refractivity contribution in [2.45, 2.75) is 12.8 Å². The standard InChI is InChI=1S/C20H18ClN3O2S2/c21-15-5-2-1-4-14(15)16-12-28-20(22-16)23-18(25)13-7-9-24(10-8-13)19(26)17-6-3-11-27-17/h1-6,11-13H,7-10H2,(H,22,23,25). The molecule has 3 heterocycles. The number of nitrogens with zero attached hydrogens (tertiary/aromatic N) is 2. The topological polar surface area (TPSA) is 62.3 Å². The van der Waals surface area contributed by atoms with Crippen molar-refractivity contribution in [1.82, 2.24) is 9.88 Å². The van der Waals surface area contributed by atoms with Crippen LogP contribution in [0.25, 0.3) is 11.3 Å². The lowest BCUT2D eigenvalue weighted by Crippen LogP contribution is -2.41. The quantitative estimate of drug-likeness (QED) is 0.631. The van der Waals surface area contributed by atoms with Gasteiger partial charge in [-0.25, -0.2) is 4.98 Å². The number of halogens is 1. The average molecular weight is 432 g/mol. The summed E-state index contributed by atoms with van der Waals surface area (Å²) in [4.78, 5) is 32.1. The Balaban J connectivity index is 1.34. The van der Waals surface area contributed by atoms with Crippen LogP contribution in [0.2, 0.25) is 5.02 Å². The second-order valence-electron chi connectivity index (χ2n) is 6.55. The zero-order valence-corrected chi connectivity index (χ0v) is 17.3. The van der Waals surface area contributed by atoms with E-state index < -0.39 is 0 Å². The number of thiazole rings is 1. The number of amides is 2. The third kappa shape index (κ3) is 4.11. The van der Waals surface area contributed by atoms with Crippen molar-refractivity contribution in [2.24, 2.45) is 5.92 Å². The molecule has 1 saturated heterocycles. The largest absolute Gasteiger partial charge is 0.338 e. The van der Waals surface area contributed by atoms with E-state index in [1.54, 1.807) is 0 Å². The van der Waals surface area contributed by atoms with Crippen molar-refractivity contribution >= 4 is 51.2 Å². The monoisotopic (exact) mass is 431 g/mol. The highest BCUT2D eigenvalue weighted by molar-refractivity contribution is 7.14. The predicted molar refractivity (Wildman–Crippen MR) is 114 cm³/mol. The molecule has 0 aliphatic carbocycles. The van der Waals surface area contributed by atoms with Gasteiger partial charge in [-0.05, 0) is 30.4 Å². The Morgan fingerprint density at radius 1 is 1.11 bits per heavy atom. The van der Waals surface area contributed by atoms with Gasteiger partial charge in [0, 0.05) is 35.0 Å². The zero-order valence-electron chi connectivity index (χ0n) is 14.9. The van der Waals surface area contributed by atoms with E-state index in [-0.39, 0.29) is 17.7 Å². The average Bonchev–Trinajstić information content (AvgIpc) is 3.40. The second kappa shape index (κ2) is 8.43. The van der Waals surface area contributed by atoms with Crippen LogP contribution in [-0.2, 0) is 4.79 Å². The van der Waals surface area contributed by atoms with Crippen LogP contribution in [0, 0.1) is 5.92 Å². The number of thiophene rings is 1. The zero-order chi connectivity index (χ0) is 19.5. The van der Waals surface area contributed by atoms with Gasteiger partial charge >= 0.3 is 0 Å². The van der Waals surface area contributed by atoms with E-state index in [0.717, 1.165) is 16.1 Å². The van der Waals surface area contributed by atoms with Gasteiger partial charge in [-0.2, -0.15) is 0 Å². The van der Waals surface area contributed by atoms with Crippen molar-refractivity contribution < 1.29 is 9.59 Å². The van der Waals surface area contributed by atoms with Gasteiger partial charge in [-0.1, -0.05) is 35.9 Å². The summed E-state index contributed by atoms with van der Waals surface area (Å²) >= 11 is 9.05. The van der Waals surface area contributed by atoms with Gasteiger partial charge in [0.25, 0.3) is 5.91 Å². The fourth-order valence-corrected chi connectivity index (χ4v) is 4.87. The molecule has 0 bridgehead atoms. The smallest absolute Gasteiger partial charge is 0.263 e. The highest BCUT2D eigenvalue weighted by Crippen LogP contribution is 2.31. The normalized spacial score (nSPS) is 14.8. The third-order valence-electron chi connectivity index (χ3n) is 4.77. The molecule has 28 heavy (non-hydrogen) atoms. The molecule has 1 aliphatic rings. The minimum Gasteiger partial charge on any atom is -0.338 e. The minimum absolute atomic E-state index is 0.0386. The SMILES string of the molecule is O=C(Nc1nc(-c2ccccc2Cl)cs1)C1CCN(C(=O)c2cccs2)CC1. The second-order valence-corrected chi connectivity index (χ2v) is 8.76. The number of nitrogens with one attached hydrogen (secondary N) is 1. The molecule has 1 fully saturated rings. The Kier molecular flexibility index (Phi) is 5.75. The summed E-state index contributed by atoms with van der Waals surface area (Å²) in [6.45, 7) is 1.19. The highest BCUT2D eigenvalue weighted by Gasteiger charge is 2.28. The lowest BCUT2D eigenvalue weighted by molar-refractivity contribution is -0.121. The van der Waals surface area contributed by atoms with E-state index in [0.29, 0.717) is 36.1 Å². The first-order chi connectivity index (χ1) is 13.6. The number of piperidine rings is 1. The summed E-state index contributed by atoms with van der Waals surface area (Å²) in [6.07, 6.45) is 1.32. The van der Waals surface area contributed by atoms with Crippen molar-refractivity contribution in [3.8, 4) is 11.3 Å². The summed E-state index contributed by atoms with van der Waals surface area (Å²) in [7, 11) is 0. The molecular weight excluding hydrogens is 414 g/mol. The first kappa shape index (κ1) is 19.1. The Labute approximate surface area is 176 Å². The molecule has 4 rings (SSSR count). The van der Waals surface area contributed by atoms with Crippen LogP contribution in [0.4, 0.5) is 5.13 Å². The number of aromatic nitrogens is 1. The number of hydrogen-bond donors (Lipinski definition) is 1. The summed E-state index contributed by atoms with van der Waals surface area (Å²) < 4.78 is 0. The molecular formula is C20H18ClN3O2S2. The van der Waals surface area contributed by atoms with Crippen LogP contribution in [0.1, 0.15) is 22.5 Å². The van der Waals surface area contributed by atoms with Crippen LogP contribution in [0.15, 0.2) is 47.2 Å². The van der Waals surface area contributed by atoms with E-state index in [1.807, 2.05) is 52.1 Å². The summed E-state index contributed by atoms with van der Waals surface area (Å²) in [5.74, 6) is -0.0958. The van der Waals surface area contributed by atoms with E-state index >= 15 is 0 Å². The summed E-state index contributed by atoms with van der Waals surface area (Å²) in [5, 5.41) is 7.91. The number of carbonyl (C=O) groups excluding carboxylic acids is 2. The Bertz CT molecular complexity index is 979. The van der Waals surface area contributed by atoms with Crippen molar-refractivity contribution in [1.29, 1.82) is 0 Å². The molecule has 1 aromatic carbocycles. The maximum atomic E-state index is 12.6. The van der Waals surface area contributed by atoms with Gasteiger partial charge in [-0.3, -0.25) is 9.59 Å². The van der Waals surface area contributed by atoms with Crippen LogP contribution < -0.4 is 5.32 Å². The molecule has 0 unspecified atom stereocenters. The van der Waals surface area contributed by atoms with Gasteiger partial charge in [0.1, 0.15) is 0 Å². The van der Waals surface area contributed by atoms with Gasteiger partial charge in [0.2, 0.25) is 5.91 Å². The summed E-state index contributed by atoms with van der Waals surface area (Å²) in [5.41, 5.74) is 1.60. The molecule has 2 amide bonds. The van der Waals surface area contributed by atoms with Crippen molar-refractivity contribution in [2.75, 3.05) is 18.4 Å².